The number of fused-ring (bicyclic) bond motifs is 1. The van der Waals surface area contributed by atoms with Crippen molar-refractivity contribution in [1.29, 1.82) is 0 Å². The fraction of sp³-hybridized carbons (Fsp3) is 0.438. The van der Waals surface area contributed by atoms with Crippen molar-refractivity contribution in [1.82, 2.24) is 5.32 Å². The van der Waals surface area contributed by atoms with E-state index in [1.165, 1.54) is 0 Å². The highest BCUT2D eigenvalue weighted by atomic mass is 32.1. The van der Waals surface area contributed by atoms with E-state index >= 15 is 0 Å². The molecule has 5 nitrogen and oxygen atoms in total. The molecule has 120 valence electrons. The third-order valence-electron chi connectivity index (χ3n) is 3.04. The van der Waals surface area contributed by atoms with E-state index in [9.17, 15) is 15.0 Å². The van der Waals surface area contributed by atoms with Gasteiger partial charge in [-0.25, -0.2) is 4.79 Å². The molecule has 0 saturated heterocycles. The predicted octanol–water partition coefficient (Wildman–Crippen LogP) is 2.82. The summed E-state index contributed by atoms with van der Waals surface area (Å²) in [5.41, 5.74) is 0.0156. The van der Waals surface area contributed by atoms with E-state index in [0.717, 1.165) is 10.1 Å². The number of aliphatic hydroxyl groups is 2. The van der Waals surface area contributed by atoms with Gasteiger partial charge in [-0.1, -0.05) is 6.07 Å². The number of benzene rings is 1. The summed E-state index contributed by atoms with van der Waals surface area (Å²) < 4.78 is 6.20. The van der Waals surface area contributed by atoms with Crippen LogP contribution in [-0.2, 0) is 4.74 Å². The standard InChI is InChI=1S/C16H21NO4S/c1-16(2,3)21-15(20)17-9-12(18)14(19)11-4-5-13-10(8-11)6-7-22-13/h4-8,12,14,18-19H,9H2,1-3H3,(H,17,20). The first kappa shape index (κ1) is 16.7. The summed E-state index contributed by atoms with van der Waals surface area (Å²) in [5, 5.41) is 25.7. The zero-order valence-corrected chi connectivity index (χ0v) is 13.7. The molecule has 0 aliphatic heterocycles. The van der Waals surface area contributed by atoms with Crippen LogP contribution >= 0.6 is 11.3 Å². The molecule has 2 atom stereocenters. The van der Waals surface area contributed by atoms with Crippen LogP contribution in [0.25, 0.3) is 10.1 Å². The van der Waals surface area contributed by atoms with Gasteiger partial charge in [-0.15, -0.1) is 11.3 Å². The molecule has 2 rings (SSSR count). The van der Waals surface area contributed by atoms with Crippen LogP contribution in [0, 0.1) is 0 Å². The first-order valence-corrected chi connectivity index (χ1v) is 7.94. The summed E-state index contributed by atoms with van der Waals surface area (Å²) in [7, 11) is 0. The lowest BCUT2D eigenvalue weighted by Crippen LogP contribution is -2.38. The summed E-state index contributed by atoms with van der Waals surface area (Å²) in [6.07, 6.45) is -2.80. The Hall–Kier alpha value is -1.63. The molecule has 0 saturated carbocycles. The van der Waals surface area contributed by atoms with E-state index < -0.39 is 23.9 Å². The number of hydrogen-bond acceptors (Lipinski definition) is 5. The van der Waals surface area contributed by atoms with E-state index in [-0.39, 0.29) is 6.54 Å². The Labute approximate surface area is 133 Å². The molecule has 0 bridgehead atoms. The Kier molecular flexibility index (Phi) is 5.05. The van der Waals surface area contributed by atoms with Crippen LogP contribution in [-0.4, -0.2) is 34.6 Å². The topological polar surface area (TPSA) is 78.8 Å². The summed E-state index contributed by atoms with van der Waals surface area (Å²) in [6.45, 7) is 5.19. The predicted molar refractivity (Wildman–Crippen MR) is 87.0 cm³/mol. The van der Waals surface area contributed by atoms with Gasteiger partial charge in [0.15, 0.2) is 0 Å². The van der Waals surface area contributed by atoms with Crippen molar-refractivity contribution in [2.75, 3.05) is 6.54 Å². The number of rotatable bonds is 4. The number of aliphatic hydroxyl groups excluding tert-OH is 2. The lowest BCUT2D eigenvalue weighted by molar-refractivity contribution is 0.0130. The number of alkyl carbamates (subject to hydrolysis) is 1. The van der Waals surface area contributed by atoms with Crippen LogP contribution in [0.4, 0.5) is 4.79 Å². The maximum absolute atomic E-state index is 11.5. The van der Waals surface area contributed by atoms with Gasteiger partial charge in [0.1, 0.15) is 17.8 Å². The van der Waals surface area contributed by atoms with Gasteiger partial charge < -0.3 is 20.3 Å². The fourth-order valence-electron chi connectivity index (χ4n) is 2.00. The minimum atomic E-state index is -1.11. The van der Waals surface area contributed by atoms with Crippen molar-refractivity contribution in [3.8, 4) is 0 Å². The molecule has 3 N–H and O–H groups in total. The fourth-order valence-corrected chi connectivity index (χ4v) is 2.78. The van der Waals surface area contributed by atoms with E-state index in [1.54, 1.807) is 38.2 Å². The lowest BCUT2D eigenvalue weighted by atomic mass is 10.0. The molecule has 2 aromatic rings. The van der Waals surface area contributed by atoms with Crippen molar-refractivity contribution < 1.29 is 19.7 Å². The van der Waals surface area contributed by atoms with Gasteiger partial charge in [0.2, 0.25) is 0 Å². The van der Waals surface area contributed by atoms with Crippen molar-refractivity contribution >= 4 is 27.5 Å². The smallest absolute Gasteiger partial charge is 0.407 e. The maximum atomic E-state index is 11.5. The second-order valence-corrected chi connectivity index (χ2v) is 7.06. The molecule has 1 heterocycles. The van der Waals surface area contributed by atoms with Crippen molar-refractivity contribution in [3.63, 3.8) is 0 Å². The molecule has 0 aliphatic rings. The van der Waals surface area contributed by atoms with Crippen molar-refractivity contribution in [2.24, 2.45) is 0 Å². The molecule has 0 spiro atoms. The number of thiophene rings is 1. The first-order chi connectivity index (χ1) is 10.3. The van der Waals surface area contributed by atoms with Crippen LogP contribution in [0.2, 0.25) is 0 Å². The van der Waals surface area contributed by atoms with Gasteiger partial charge in [-0.3, -0.25) is 0 Å². The van der Waals surface area contributed by atoms with Crippen LogP contribution in [0.1, 0.15) is 32.4 Å². The minimum absolute atomic E-state index is 0.0856. The number of carbonyl (C=O) groups is 1. The van der Waals surface area contributed by atoms with Gasteiger partial charge >= 0.3 is 6.09 Å². The number of amides is 1. The molecule has 22 heavy (non-hydrogen) atoms. The average molecular weight is 323 g/mol. The Bertz CT molecular complexity index is 647. The van der Waals surface area contributed by atoms with E-state index in [4.69, 9.17) is 4.74 Å². The molecule has 1 amide bonds. The number of carbonyl (C=O) groups excluding carboxylic acids is 1. The Morgan fingerprint density at radius 2 is 2.05 bits per heavy atom. The Morgan fingerprint density at radius 1 is 1.32 bits per heavy atom. The van der Waals surface area contributed by atoms with Gasteiger partial charge in [0.25, 0.3) is 0 Å². The third-order valence-corrected chi connectivity index (χ3v) is 3.93. The SMILES string of the molecule is CC(C)(C)OC(=O)NCC(O)C(O)c1ccc2sccc2c1. The molecule has 6 heteroatoms. The van der Waals surface area contributed by atoms with Crippen LogP contribution in [0.3, 0.4) is 0 Å². The monoisotopic (exact) mass is 323 g/mol. The molecule has 0 aliphatic carbocycles. The Morgan fingerprint density at radius 3 is 2.73 bits per heavy atom. The highest BCUT2D eigenvalue weighted by molar-refractivity contribution is 7.17. The molecule has 0 fully saturated rings. The van der Waals surface area contributed by atoms with Crippen LogP contribution in [0.5, 0.6) is 0 Å². The Balaban J connectivity index is 1.94. The minimum Gasteiger partial charge on any atom is -0.444 e. The molecular weight excluding hydrogens is 302 g/mol. The second-order valence-electron chi connectivity index (χ2n) is 6.11. The molecule has 0 radical (unpaired) electrons. The zero-order valence-electron chi connectivity index (χ0n) is 12.9. The summed E-state index contributed by atoms with van der Waals surface area (Å²) >= 11 is 1.62. The van der Waals surface area contributed by atoms with E-state index in [0.29, 0.717) is 5.56 Å². The van der Waals surface area contributed by atoms with Crippen molar-refractivity contribution in [2.45, 2.75) is 38.6 Å². The molecule has 2 unspecified atom stereocenters. The molecule has 1 aromatic heterocycles. The third kappa shape index (κ3) is 4.43. The highest BCUT2D eigenvalue weighted by Gasteiger charge is 2.21. The normalized spacial score (nSPS) is 14.6. The number of hydrogen-bond donors (Lipinski definition) is 3. The zero-order chi connectivity index (χ0) is 16.3. The lowest BCUT2D eigenvalue weighted by Gasteiger charge is -2.22. The highest BCUT2D eigenvalue weighted by Crippen LogP contribution is 2.25. The first-order valence-electron chi connectivity index (χ1n) is 7.06. The quantitative estimate of drug-likeness (QED) is 0.808. The number of ether oxygens (including phenoxy) is 1. The molecular formula is C16H21NO4S. The van der Waals surface area contributed by atoms with E-state index in [2.05, 4.69) is 5.32 Å². The molecule has 1 aromatic carbocycles. The van der Waals surface area contributed by atoms with Gasteiger partial charge in [-0.2, -0.15) is 0 Å². The average Bonchev–Trinajstić information content (AvgIpc) is 2.89. The van der Waals surface area contributed by atoms with Gasteiger partial charge in [-0.05, 0) is 55.3 Å². The maximum Gasteiger partial charge on any atom is 0.407 e. The number of nitrogens with one attached hydrogen (secondary N) is 1. The summed E-state index contributed by atoms with van der Waals surface area (Å²) in [6, 6.07) is 7.49. The van der Waals surface area contributed by atoms with E-state index in [1.807, 2.05) is 23.6 Å². The van der Waals surface area contributed by atoms with Gasteiger partial charge in [0.05, 0.1) is 0 Å². The largest absolute Gasteiger partial charge is 0.444 e. The van der Waals surface area contributed by atoms with Crippen LogP contribution < -0.4 is 5.32 Å². The van der Waals surface area contributed by atoms with Crippen molar-refractivity contribution in [3.05, 3.63) is 35.2 Å². The summed E-state index contributed by atoms with van der Waals surface area (Å²) in [5.74, 6) is 0. The second kappa shape index (κ2) is 6.64. The van der Waals surface area contributed by atoms with Crippen LogP contribution in [0.15, 0.2) is 29.6 Å². The van der Waals surface area contributed by atoms with Gasteiger partial charge in [0, 0.05) is 11.2 Å². The summed E-state index contributed by atoms with van der Waals surface area (Å²) in [4.78, 5) is 11.5.